The second-order valence-electron chi connectivity index (χ2n) is 7.26. The predicted octanol–water partition coefficient (Wildman–Crippen LogP) is 3.66. The molecule has 2 aromatic rings. The second-order valence-corrected chi connectivity index (χ2v) is 7.70. The summed E-state index contributed by atoms with van der Waals surface area (Å²) in [5.74, 6) is 1.53. The van der Waals surface area contributed by atoms with Crippen molar-refractivity contribution in [2.45, 2.75) is 44.7 Å². The summed E-state index contributed by atoms with van der Waals surface area (Å²) in [6.45, 7) is 1.98. The zero-order valence-corrected chi connectivity index (χ0v) is 16.8. The Labute approximate surface area is 165 Å². The van der Waals surface area contributed by atoms with Crippen LogP contribution in [0.15, 0.2) is 30.3 Å². The minimum absolute atomic E-state index is 0.0410. The molecule has 1 heterocycles. The van der Waals surface area contributed by atoms with Crippen LogP contribution in [0.4, 0.5) is 11.8 Å². The molecule has 0 unspecified atom stereocenters. The van der Waals surface area contributed by atoms with Crippen LogP contribution in [0.25, 0.3) is 0 Å². The number of hydrogen-bond donors (Lipinski definition) is 2. The molecule has 1 saturated carbocycles. The van der Waals surface area contributed by atoms with Gasteiger partial charge in [-0.3, -0.25) is 4.79 Å². The molecule has 0 atom stereocenters. The molecule has 0 spiro atoms. The highest BCUT2D eigenvalue weighted by molar-refractivity contribution is 6.30. The molecule has 0 radical (unpaired) electrons. The average molecular weight is 388 g/mol. The number of anilines is 2. The molecule has 144 valence electrons. The third kappa shape index (κ3) is 5.32. The maximum absolute atomic E-state index is 12.3. The third-order valence-corrected chi connectivity index (χ3v) is 5.05. The SMILES string of the molecule is Cc1cc(N(C)C)nc(NC2CCC(NC(=O)c3ccc(Cl)cc3)CC2)n1. The molecule has 3 rings (SSSR count). The van der Waals surface area contributed by atoms with Crippen LogP contribution in [0.5, 0.6) is 0 Å². The van der Waals surface area contributed by atoms with Crippen molar-refractivity contribution in [3.8, 4) is 0 Å². The topological polar surface area (TPSA) is 70.2 Å². The largest absolute Gasteiger partial charge is 0.363 e. The highest BCUT2D eigenvalue weighted by Crippen LogP contribution is 2.22. The Kier molecular flexibility index (Phi) is 6.16. The van der Waals surface area contributed by atoms with E-state index in [2.05, 4.69) is 20.6 Å². The van der Waals surface area contributed by atoms with Gasteiger partial charge in [0.05, 0.1) is 0 Å². The van der Waals surface area contributed by atoms with Gasteiger partial charge in [0, 0.05) is 48.5 Å². The molecule has 1 aromatic heterocycles. The molecule has 0 bridgehead atoms. The van der Waals surface area contributed by atoms with Gasteiger partial charge in [0.1, 0.15) is 5.82 Å². The monoisotopic (exact) mass is 387 g/mol. The number of benzene rings is 1. The number of carbonyl (C=O) groups is 1. The van der Waals surface area contributed by atoms with Gasteiger partial charge in [-0.1, -0.05) is 11.6 Å². The van der Waals surface area contributed by atoms with Gasteiger partial charge >= 0.3 is 0 Å². The van der Waals surface area contributed by atoms with E-state index in [1.165, 1.54) is 0 Å². The van der Waals surface area contributed by atoms with E-state index in [-0.39, 0.29) is 11.9 Å². The van der Waals surface area contributed by atoms with Crippen LogP contribution in [-0.4, -0.2) is 42.1 Å². The number of hydrogen-bond acceptors (Lipinski definition) is 5. The molecule has 1 aliphatic rings. The molecule has 0 saturated heterocycles. The smallest absolute Gasteiger partial charge is 0.251 e. The first-order valence-corrected chi connectivity index (χ1v) is 9.64. The van der Waals surface area contributed by atoms with Gasteiger partial charge in [0.15, 0.2) is 0 Å². The number of amides is 1. The summed E-state index contributed by atoms with van der Waals surface area (Å²) in [4.78, 5) is 23.4. The van der Waals surface area contributed by atoms with Gasteiger partial charge in [-0.05, 0) is 56.9 Å². The van der Waals surface area contributed by atoms with Crippen LogP contribution < -0.4 is 15.5 Å². The van der Waals surface area contributed by atoms with E-state index >= 15 is 0 Å². The average Bonchev–Trinajstić information content (AvgIpc) is 2.63. The molecular weight excluding hydrogens is 362 g/mol. The zero-order chi connectivity index (χ0) is 19.4. The summed E-state index contributed by atoms with van der Waals surface area (Å²) in [5, 5.41) is 7.21. The summed E-state index contributed by atoms with van der Waals surface area (Å²) in [6, 6.07) is 9.47. The van der Waals surface area contributed by atoms with Crippen molar-refractivity contribution in [1.29, 1.82) is 0 Å². The summed E-state index contributed by atoms with van der Waals surface area (Å²) in [7, 11) is 3.94. The van der Waals surface area contributed by atoms with Crippen molar-refractivity contribution in [2.75, 3.05) is 24.3 Å². The number of halogens is 1. The molecule has 6 nitrogen and oxygen atoms in total. The Morgan fingerprint density at radius 3 is 2.33 bits per heavy atom. The molecule has 1 aromatic carbocycles. The van der Waals surface area contributed by atoms with E-state index in [1.807, 2.05) is 32.0 Å². The number of aromatic nitrogens is 2. The van der Waals surface area contributed by atoms with Crippen molar-refractivity contribution < 1.29 is 4.79 Å². The van der Waals surface area contributed by atoms with Crippen LogP contribution >= 0.6 is 11.6 Å². The lowest BCUT2D eigenvalue weighted by Crippen LogP contribution is -2.40. The first-order valence-electron chi connectivity index (χ1n) is 9.26. The summed E-state index contributed by atoms with van der Waals surface area (Å²) >= 11 is 5.88. The lowest BCUT2D eigenvalue weighted by molar-refractivity contribution is 0.0926. The van der Waals surface area contributed by atoms with Crippen molar-refractivity contribution in [3.05, 3.63) is 46.6 Å². The van der Waals surface area contributed by atoms with Gasteiger partial charge < -0.3 is 15.5 Å². The number of aryl methyl sites for hydroxylation is 1. The van der Waals surface area contributed by atoms with Gasteiger partial charge in [0.2, 0.25) is 5.95 Å². The second kappa shape index (κ2) is 8.57. The first-order chi connectivity index (χ1) is 12.9. The maximum atomic E-state index is 12.3. The minimum atomic E-state index is -0.0410. The summed E-state index contributed by atoms with van der Waals surface area (Å²) < 4.78 is 0. The first kappa shape index (κ1) is 19.4. The fraction of sp³-hybridized carbons (Fsp3) is 0.450. The van der Waals surface area contributed by atoms with E-state index in [1.54, 1.807) is 24.3 Å². The standard InChI is InChI=1S/C20H26ClN5O/c1-13-12-18(26(2)3)25-20(22-13)24-17-10-8-16(9-11-17)23-19(27)14-4-6-15(21)7-5-14/h4-7,12,16-17H,8-11H2,1-3H3,(H,23,27)(H,22,24,25). The maximum Gasteiger partial charge on any atom is 0.251 e. The fourth-order valence-corrected chi connectivity index (χ4v) is 3.41. The summed E-state index contributed by atoms with van der Waals surface area (Å²) in [5.41, 5.74) is 1.59. The lowest BCUT2D eigenvalue weighted by atomic mass is 9.91. The third-order valence-electron chi connectivity index (χ3n) is 4.80. The number of rotatable bonds is 5. The number of nitrogens with one attached hydrogen (secondary N) is 2. The number of carbonyl (C=O) groups excluding carboxylic acids is 1. The molecule has 7 heteroatoms. The molecule has 27 heavy (non-hydrogen) atoms. The normalized spacial score (nSPS) is 19.4. The summed E-state index contributed by atoms with van der Waals surface area (Å²) in [6.07, 6.45) is 3.81. The fourth-order valence-electron chi connectivity index (χ4n) is 3.28. The van der Waals surface area contributed by atoms with E-state index < -0.39 is 0 Å². The van der Waals surface area contributed by atoms with E-state index in [9.17, 15) is 4.79 Å². The number of nitrogens with zero attached hydrogens (tertiary/aromatic N) is 3. The molecular formula is C20H26ClN5O. The Morgan fingerprint density at radius 1 is 1.07 bits per heavy atom. The quantitative estimate of drug-likeness (QED) is 0.819. The predicted molar refractivity (Wildman–Crippen MR) is 110 cm³/mol. The Bertz CT molecular complexity index is 785. The van der Waals surface area contributed by atoms with Gasteiger partial charge in [-0.25, -0.2) is 4.98 Å². The van der Waals surface area contributed by atoms with Crippen molar-refractivity contribution in [2.24, 2.45) is 0 Å². The Morgan fingerprint density at radius 2 is 1.70 bits per heavy atom. The molecule has 2 N–H and O–H groups in total. The van der Waals surface area contributed by atoms with Gasteiger partial charge in [-0.2, -0.15) is 4.98 Å². The van der Waals surface area contributed by atoms with E-state index in [0.717, 1.165) is 37.2 Å². The zero-order valence-electron chi connectivity index (χ0n) is 16.0. The van der Waals surface area contributed by atoms with Gasteiger partial charge in [0.25, 0.3) is 5.91 Å². The van der Waals surface area contributed by atoms with Crippen molar-refractivity contribution in [3.63, 3.8) is 0 Å². The molecule has 1 fully saturated rings. The van der Waals surface area contributed by atoms with E-state index in [4.69, 9.17) is 11.6 Å². The molecule has 1 aliphatic carbocycles. The van der Waals surface area contributed by atoms with Crippen molar-refractivity contribution >= 4 is 29.3 Å². The van der Waals surface area contributed by atoms with E-state index in [0.29, 0.717) is 22.6 Å². The van der Waals surface area contributed by atoms with Crippen LogP contribution in [0, 0.1) is 6.92 Å². The Balaban J connectivity index is 1.52. The van der Waals surface area contributed by atoms with Crippen LogP contribution in [-0.2, 0) is 0 Å². The minimum Gasteiger partial charge on any atom is -0.363 e. The van der Waals surface area contributed by atoms with Crippen LogP contribution in [0.3, 0.4) is 0 Å². The Hall–Kier alpha value is -2.34. The molecule has 1 amide bonds. The van der Waals surface area contributed by atoms with Crippen LogP contribution in [0.1, 0.15) is 41.7 Å². The van der Waals surface area contributed by atoms with Crippen molar-refractivity contribution in [1.82, 2.24) is 15.3 Å². The highest BCUT2D eigenvalue weighted by Gasteiger charge is 2.23. The molecule has 0 aliphatic heterocycles. The highest BCUT2D eigenvalue weighted by atomic mass is 35.5. The lowest BCUT2D eigenvalue weighted by Gasteiger charge is -2.30. The van der Waals surface area contributed by atoms with Crippen LogP contribution in [0.2, 0.25) is 5.02 Å². The van der Waals surface area contributed by atoms with Gasteiger partial charge in [-0.15, -0.1) is 0 Å².